The Bertz CT molecular complexity index is 964. The van der Waals surface area contributed by atoms with E-state index in [4.69, 9.17) is 9.47 Å². The van der Waals surface area contributed by atoms with Crippen molar-refractivity contribution in [1.82, 2.24) is 5.43 Å². The zero-order valence-corrected chi connectivity index (χ0v) is 17.5. The van der Waals surface area contributed by atoms with E-state index in [1.165, 1.54) is 16.8 Å². The molecular formula is C23H27N3O3. The maximum absolute atomic E-state index is 12.0. The van der Waals surface area contributed by atoms with Crippen LogP contribution in [0.25, 0.3) is 5.57 Å². The van der Waals surface area contributed by atoms with Gasteiger partial charge in [0.1, 0.15) is 0 Å². The van der Waals surface area contributed by atoms with Crippen molar-refractivity contribution >= 4 is 23.4 Å². The highest BCUT2D eigenvalue weighted by Gasteiger charge is 2.28. The number of nitrogens with one attached hydrogen (secondary N) is 1. The molecule has 6 nitrogen and oxygen atoms in total. The molecule has 1 heterocycles. The Morgan fingerprint density at radius 2 is 1.93 bits per heavy atom. The van der Waals surface area contributed by atoms with Gasteiger partial charge in [0.05, 0.1) is 18.9 Å². The molecule has 1 amide bonds. The average Bonchev–Trinajstić information content (AvgIpc) is 2.70. The molecule has 0 saturated heterocycles. The van der Waals surface area contributed by atoms with E-state index < -0.39 is 0 Å². The molecule has 6 heteroatoms. The molecule has 0 radical (unpaired) electrons. The largest absolute Gasteiger partial charge is 0.493 e. The second kappa shape index (κ2) is 8.39. The smallest absolute Gasteiger partial charge is 0.277 e. The molecule has 0 aliphatic carbocycles. The van der Waals surface area contributed by atoms with Crippen molar-refractivity contribution in [3.8, 4) is 11.5 Å². The van der Waals surface area contributed by atoms with Crippen molar-refractivity contribution in [2.45, 2.75) is 26.3 Å². The van der Waals surface area contributed by atoms with Crippen LogP contribution >= 0.6 is 0 Å². The van der Waals surface area contributed by atoms with Crippen LogP contribution in [0.5, 0.6) is 11.5 Å². The molecule has 0 aromatic heterocycles. The van der Waals surface area contributed by atoms with Gasteiger partial charge in [-0.15, -0.1) is 0 Å². The number of nitrogens with zero attached hydrogens (tertiary/aromatic N) is 2. The lowest BCUT2D eigenvalue weighted by atomic mass is 9.89. The summed E-state index contributed by atoms with van der Waals surface area (Å²) in [6, 6.07) is 13.3. The van der Waals surface area contributed by atoms with E-state index in [1.807, 2.05) is 18.2 Å². The molecule has 3 rings (SSSR count). The van der Waals surface area contributed by atoms with Crippen LogP contribution in [0, 0.1) is 0 Å². The van der Waals surface area contributed by atoms with Crippen LogP contribution in [0.1, 0.15) is 31.9 Å². The summed E-state index contributed by atoms with van der Waals surface area (Å²) < 4.78 is 10.7. The van der Waals surface area contributed by atoms with Gasteiger partial charge in [0.15, 0.2) is 18.1 Å². The Morgan fingerprint density at radius 1 is 1.21 bits per heavy atom. The van der Waals surface area contributed by atoms with Crippen molar-refractivity contribution in [1.29, 1.82) is 0 Å². The summed E-state index contributed by atoms with van der Waals surface area (Å²) >= 11 is 0. The number of carbonyl (C=O) groups excluding carboxylic acids is 1. The minimum absolute atomic E-state index is 0.0257. The minimum atomic E-state index is -0.345. The first-order valence-corrected chi connectivity index (χ1v) is 9.47. The van der Waals surface area contributed by atoms with Gasteiger partial charge in [-0.05, 0) is 56.2 Å². The topological polar surface area (TPSA) is 63.2 Å². The molecule has 0 fully saturated rings. The molecule has 1 N–H and O–H groups in total. The van der Waals surface area contributed by atoms with Crippen molar-refractivity contribution in [3.63, 3.8) is 0 Å². The zero-order chi connectivity index (χ0) is 21.0. The Balaban J connectivity index is 1.61. The predicted octanol–water partition coefficient (Wildman–Crippen LogP) is 3.86. The van der Waals surface area contributed by atoms with Crippen LogP contribution < -0.4 is 19.8 Å². The van der Waals surface area contributed by atoms with Gasteiger partial charge in [-0.1, -0.05) is 24.3 Å². The summed E-state index contributed by atoms with van der Waals surface area (Å²) in [5.41, 5.74) is 6.96. The number of amides is 1. The first kappa shape index (κ1) is 20.5. The quantitative estimate of drug-likeness (QED) is 0.598. The number of anilines is 1. The third-order valence-electron chi connectivity index (χ3n) is 5.07. The monoisotopic (exact) mass is 393 g/mol. The second-order valence-electron chi connectivity index (χ2n) is 7.55. The molecule has 0 bridgehead atoms. The van der Waals surface area contributed by atoms with Gasteiger partial charge < -0.3 is 14.4 Å². The Morgan fingerprint density at radius 3 is 2.66 bits per heavy atom. The number of para-hydroxylation sites is 2. The van der Waals surface area contributed by atoms with E-state index in [2.05, 4.69) is 61.5 Å². The lowest BCUT2D eigenvalue weighted by Crippen LogP contribution is -2.42. The van der Waals surface area contributed by atoms with E-state index in [0.29, 0.717) is 11.5 Å². The molecule has 29 heavy (non-hydrogen) atoms. The first-order valence-electron chi connectivity index (χ1n) is 9.47. The Labute approximate surface area is 171 Å². The predicted molar refractivity (Wildman–Crippen MR) is 117 cm³/mol. The number of methoxy groups -OCH3 is 1. The number of fused-ring (bicyclic) bond motifs is 1. The molecule has 152 valence electrons. The van der Waals surface area contributed by atoms with E-state index in [9.17, 15) is 4.79 Å². The number of likely N-dealkylation sites (N-methyl/N-ethyl adjacent to an activating group) is 1. The molecule has 1 aliphatic rings. The normalized spacial score (nSPS) is 14.9. The highest BCUT2D eigenvalue weighted by Crippen LogP contribution is 2.37. The van der Waals surface area contributed by atoms with Crippen LogP contribution in [-0.4, -0.2) is 38.4 Å². The fraction of sp³-hybridized carbons (Fsp3) is 0.304. The van der Waals surface area contributed by atoms with Crippen molar-refractivity contribution in [2.75, 3.05) is 25.7 Å². The van der Waals surface area contributed by atoms with Crippen LogP contribution in [-0.2, 0) is 4.79 Å². The van der Waals surface area contributed by atoms with Gasteiger partial charge in [-0.25, -0.2) is 5.43 Å². The Kier molecular flexibility index (Phi) is 5.92. The molecule has 0 atom stereocenters. The van der Waals surface area contributed by atoms with Gasteiger partial charge >= 0.3 is 0 Å². The molecule has 0 saturated carbocycles. The zero-order valence-electron chi connectivity index (χ0n) is 17.5. The van der Waals surface area contributed by atoms with Crippen molar-refractivity contribution in [2.24, 2.45) is 5.10 Å². The number of benzene rings is 2. The lowest BCUT2D eigenvalue weighted by Gasteiger charge is -2.40. The molecule has 2 aromatic rings. The summed E-state index contributed by atoms with van der Waals surface area (Å²) in [5.74, 6) is 0.746. The standard InChI is InChI=1S/C23H27N3O3/c1-16-13-23(2,3)26(4)19-11-10-17(12-18(16)19)14-24-25-22(27)15-29-21-9-7-6-8-20(21)28-5/h6-14H,15H2,1-5H3,(H,25,27)/b24-14+. The average molecular weight is 393 g/mol. The number of hydrogen-bond acceptors (Lipinski definition) is 5. The fourth-order valence-electron chi connectivity index (χ4n) is 3.35. The third kappa shape index (κ3) is 4.59. The van der Waals surface area contributed by atoms with Crippen LogP contribution in [0.3, 0.4) is 0 Å². The highest BCUT2D eigenvalue weighted by molar-refractivity contribution is 5.88. The number of allylic oxidation sites excluding steroid dienone is 1. The fourth-order valence-corrected chi connectivity index (χ4v) is 3.35. The number of carbonyl (C=O) groups is 1. The SMILES string of the molecule is COc1ccccc1OCC(=O)N/N=C/c1ccc2c(c1)C(C)=CC(C)(C)N2C. The lowest BCUT2D eigenvalue weighted by molar-refractivity contribution is -0.123. The van der Waals surface area contributed by atoms with E-state index in [0.717, 1.165) is 5.56 Å². The number of hydrogen-bond donors (Lipinski definition) is 1. The number of hydrazone groups is 1. The summed E-state index contributed by atoms with van der Waals surface area (Å²) in [6.45, 7) is 6.35. The summed E-state index contributed by atoms with van der Waals surface area (Å²) in [4.78, 5) is 14.3. The van der Waals surface area contributed by atoms with Crippen LogP contribution in [0.15, 0.2) is 53.6 Å². The Hall–Kier alpha value is -3.28. The summed E-state index contributed by atoms with van der Waals surface area (Å²) in [5, 5.41) is 4.05. The van der Waals surface area contributed by atoms with Crippen molar-refractivity contribution < 1.29 is 14.3 Å². The molecule has 1 aliphatic heterocycles. The highest BCUT2D eigenvalue weighted by atomic mass is 16.5. The van der Waals surface area contributed by atoms with E-state index >= 15 is 0 Å². The second-order valence-corrected chi connectivity index (χ2v) is 7.55. The number of ether oxygens (including phenoxy) is 2. The third-order valence-corrected chi connectivity index (χ3v) is 5.07. The minimum Gasteiger partial charge on any atom is -0.493 e. The van der Waals surface area contributed by atoms with Crippen molar-refractivity contribution in [3.05, 3.63) is 59.7 Å². The van der Waals surface area contributed by atoms with E-state index in [-0.39, 0.29) is 18.1 Å². The van der Waals surface area contributed by atoms with Gasteiger partial charge in [0.25, 0.3) is 5.91 Å². The molecule has 2 aromatic carbocycles. The van der Waals surface area contributed by atoms with Gasteiger partial charge in [0.2, 0.25) is 0 Å². The molecule has 0 spiro atoms. The van der Waals surface area contributed by atoms with E-state index in [1.54, 1.807) is 25.5 Å². The van der Waals surface area contributed by atoms with Crippen LogP contribution in [0.4, 0.5) is 5.69 Å². The van der Waals surface area contributed by atoms with Crippen LogP contribution in [0.2, 0.25) is 0 Å². The summed E-state index contributed by atoms with van der Waals surface area (Å²) in [6.07, 6.45) is 3.89. The van der Waals surface area contributed by atoms with Gasteiger partial charge in [-0.2, -0.15) is 5.10 Å². The first-order chi connectivity index (χ1) is 13.8. The maximum Gasteiger partial charge on any atom is 0.277 e. The van der Waals surface area contributed by atoms with Gasteiger partial charge in [-0.3, -0.25) is 4.79 Å². The maximum atomic E-state index is 12.0. The molecule has 0 unspecified atom stereocenters. The number of rotatable bonds is 6. The van der Waals surface area contributed by atoms with Gasteiger partial charge in [0, 0.05) is 18.3 Å². The summed E-state index contributed by atoms with van der Waals surface area (Å²) in [7, 11) is 3.65. The molecular weight excluding hydrogens is 366 g/mol.